The van der Waals surface area contributed by atoms with Crippen LogP contribution in [0.1, 0.15) is 31.7 Å². The van der Waals surface area contributed by atoms with Crippen molar-refractivity contribution in [3.8, 4) is 0 Å². The molecule has 1 aromatic rings. The molecule has 2 aliphatic rings. The van der Waals surface area contributed by atoms with Gasteiger partial charge >= 0.3 is 0 Å². The van der Waals surface area contributed by atoms with Crippen LogP contribution < -0.4 is 4.90 Å². The molecule has 21 heavy (non-hydrogen) atoms. The van der Waals surface area contributed by atoms with Gasteiger partial charge in [-0.05, 0) is 29.7 Å². The van der Waals surface area contributed by atoms with Crippen molar-refractivity contribution in [2.75, 3.05) is 25.2 Å². The minimum absolute atomic E-state index is 0.0235. The van der Waals surface area contributed by atoms with E-state index in [0.29, 0.717) is 19.0 Å². The molecule has 2 heterocycles. The number of amides is 1. The Hall–Kier alpha value is -1.72. The molecule has 0 atom stereocenters. The minimum atomic E-state index is -0.383. The topological polar surface area (TPSA) is 51.7 Å². The summed E-state index contributed by atoms with van der Waals surface area (Å²) in [6.45, 7) is 2.91. The van der Waals surface area contributed by atoms with Crippen LogP contribution in [0.25, 0.3) is 5.57 Å². The van der Waals surface area contributed by atoms with E-state index in [0.717, 1.165) is 24.8 Å². The summed E-state index contributed by atoms with van der Waals surface area (Å²) in [7, 11) is 1.72. The summed E-state index contributed by atoms with van der Waals surface area (Å²) in [5.74, 6) is 0.261. The van der Waals surface area contributed by atoms with Crippen LogP contribution in [0.5, 0.6) is 0 Å². The fourth-order valence-electron chi connectivity index (χ4n) is 2.77. The first-order valence-electron chi connectivity index (χ1n) is 7.27. The normalized spacial score (nSPS) is 20.4. The average molecular weight is 288 g/mol. The van der Waals surface area contributed by atoms with Crippen molar-refractivity contribution in [1.82, 2.24) is 4.98 Å². The van der Waals surface area contributed by atoms with E-state index in [-0.39, 0.29) is 11.7 Å². The number of allylic oxidation sites excluding steroid dienone is 1. The van der Waals surface area contributed by atoms with E-state index in [4.69, 9.17) is 9.47 Å². The van der Waals surface area contributed by atoms with Gasteiger partial charge in [-0.1, -0.05) is 6.08 Å². The van der Waals surface area contributed by atoms with Crippen LogP contribution in [0.2, 0.25) is 0 Å². The molecule has 1 spiro atoms. The van der Waals surface area contributed by atoms with Crippen LogP contribution in [0.15, 0.2) is 24.4 Å². The molecular formula is C16H20N2O3. The van der Waals surface area contributed by atoms with Crippen LogP contribution in [0.4, 0.5) is 5.82 Å². The first kappa shape index (κ1) is 14.2. The quantitative estimate of drug-likeness (QED) is 0.838. The van der Waals surface area contributed by atoms with Gasteiger partial charge in [0.2, 0.25) is 5.91 Å². The predicted molar refractivity (Wildman–Crippen MR) is 79.8 cm³/mol. The van der Waals surface area contributed by atoms with E-state index in [2.05, 4.69) is 11.1 Å². The average Bonchev–Trinajstić information content (AvgIpc) is 2.96. The van der Waals surface area contributed by atoms with Crippen LogP contribution >= 0.6 is 0 Å². The van der Waals surface area contributed by atoms with E-state index < -0.39 is 0 Å². The maximum atomic E-state index is 11.3. The van der Waals surface area contributed by atoms with Crippen molar-refractivity contribution in [3.63, 3.8) is 0 Å². The maximum Gasteiger partial charge on any atom is 0.224 e. The lowest BCUT2D eigenvalue weighted by Gasteiger charge is -2.30. The smallest absolute Gasteiger partial charge is 0.224 e. The Morgan fingerprint density at radius 3 is 2.62 bits per heavy atom. The van der Waals surface area contributed by atoms with E-state index in [1.54, 1.807) is 7.05 Å². The molecule has 0 aromatic carbocycles. The Balaban J connectivity index is 1.73. The molecule has 5 heteroatoms. The predicted octanol–water partition coefficient (Wildman–Crippen LogP) is 2.37. The molecule has 1 aromatic heterocycles. The number of carbonyl (C=O) groups is 1. The monoisotopic (exact) mass is 288 g/mol. The van der Waals surface area contributed by atoms with Crippen molar-refractivity contribution in [3.05, 3.63) is 30.0 Å². The first-order chi connectivity index (χ1) is 10.1. The highest BCUT2D eigenvalue weighted by molar-refractivity contribution is 5.89. The Labute approximate surface area is 124 Å². The number of rotatable bonds is 2. The second-order valence-electron chi connectivity index (χ2n) is 5.52. The molecule has 1 fully saturated rings. The number of aromatic nitrogens is 1. The third kappa shape index (κ3) is 2.84. The van der Waals surface area contributed by atoms with Crippen molar-refractivity contribution in [2.45, 2.75) is 32.0 Å². The molecule has 0 bridgehead atoms. The van der Waals surface area contributed by atoms with Crippen molar-refractivity contribution in [1.29, 1.82) is 0 Å². The minimum Gasteiger partial charge on any atom is -0.347 e. The van der Waals surface area contributed by atoms with Crippen molar-refractivity contribution < 1.29 is 14.3 Å². The van der Waals surface area contributed by atoms with Gasteiger partial charge in [-0.2, -0.15) is 0 Å². The first-order valence-corrected chi connectivity index (χ1v) is 7.27. The molecule has 1 amide bonds. The molecule has 0 saturated carbocycles. The van der Waals surface area contributed by atoms with E-state index in [9.17, 15) is 4.79 Å². The zero-order chi connectivity index (χ0) is 14.9. The number of carbonyl (C=O) groups excluding carboxylic acids is 1. The summed E-state index contributed by atoms with van der Waals surface area (Å²) >= 11 is 0. The van der Waals surface area contributed by atoms with Crippen LogP contribution in [-0.4, -0.2) is 36.9 Å². The van der Waals surface area contributed by atoms with Gasteiger partial charge in [-0.25, -0.2) is 4.98 Å². The van der Waals surface area contributed by atoms with Crippen molar-refractivity contribution in [2.24, 2.45) is 0 Å². The van der Waals surface area contributed by atoms with Gasteiger partial charge < -0.3 is 14.4 Å². The lowest BCUT2D eigenvalue weighted by atomic mass is 9.90. The number of hydrogen-bond acceptors (Lipinski definition) is 4. The maximum absolute atomic E-state index is 11.3. The van der Waals surface area contributed by atoms with Gasteiger partial charge in [0.15, 0.2) is 5.79 Å². The number of hydrogen-bond donors (Lipinski definition) is 0. The molecule has 0 radical (unpaired) electrons. The van der Waals surface area contributed by atoms with Gasteiger partial charge in [0.25, 0.3) is 0 Å². The lowest BCUT2D eigenvalue weighted by Crippen LogP contribution is -2.31. The third-order valence-electron chi connectivity index (χ3n) is 4.18. The summed E-state index contributed by atoms with van der Waals surface area (Å²) in [6.07, 6.45) is 6.60. The second kappa shape index (κ2) is 5.58. The zero-order valence-electron chi connectivity index (χ0n) is 12.5. The van der Waals surface area contributed by atoms with E-state index >= 15 is 0 Å². The number of nitrogens with zero attached hydrogens (tertiary/aromatic N) is 2. The molecule has 1 saturated heterocycles. The van der Waals surface area contributed by atoms with Gasteiger partial charge in [0.1, 0.15) is 5.82 Å². The molecule has 5 nitrogen and oxygen atoms in total. The Bertz CT molecular complexity index is 559. The molecule has 0 N–H and O–H groups in total. The van der Waals surface area contributed by atoms with Crippen molar-refractivity contribution >= 4 is 17.3 Å². The fraction of sp³-hybridized carbons (Fsp3) is 0.500. The molecule has 112 valence electrons. The fourth-order valence-corrected chi connectivity index (χ4v) is 2.77. The lowest BCUT2D eigenvalue weighted by molar-refractivity contribution is -0.159. The Morgan fingerprint density at radius 2 is 2.10 bits per heavy atom. The summed E-state index contributed by atoms with van der Waals surface area (Å²) in [4.78, 5) is 17.2. The SMILES string of the molecule is CC(=O)N(C)c1ccc(C2=CCC3(CC2)OCCO3)cn1. The van der Waals surface area contributed by atoms with Crippen LogP contribution in [0, 0.1) is 0 Å². The van der Waals surface area contributed by atoms with E-state index in [1.165, 1.54) is 17.4 Å². The van der Waals surface area contributed by atoms with Crippen LogP contribution in [-0.2, 0) is 14.3 Å². The summed E-state index contributed by atoms with van der Waals surface area (Å²) in [5.41, 5.74) is 2.37. The second-order valence-corrected chi connectivity index (χ2v) is 5.52. The highest BCUT2D eigenvalue weighted by Gasteiger charge is 2.37. The molecule has 1 aliphatic heterocycles. The number of anilines is 1. The summed E-state index contributed by atoms with van der Waals surface area (Å²) in [6, 6.07) is 3.90. The number of pyridine rings is 1. The van der Waals surface area contributed by atoms with Gasteiger partial charge in [-0.3, -0.25) is 4.79 Å². The largest absolute Gasteiger partial charge is 0.347 e. The number of ether oxygens (including phenoxy) is 2. The summed E-state index contributed by atoms with van der Waals surface area (Å²) < 4.78 is 11.4. The highest BCUT2D eigenvalue weighted by Crippen LogP contribution is 2.38. The van der Waals surface area contributed by atoms with Crippen LogP contribution in [0.3, 0.4) is 0 Å². The van der Waals surface area contributed by atoms with Gasteiger partial charge in [0, 0.05) is 33.0 Å². The Morgan fingerprint density at radius 1 is 1.33 bits per heavy atom. The summed E-state index contributed by atoms with van der Waals surface area (Å²) in [5, 5.41) is 0. The molecule has 0 unspecified atom stereocenters. The zero-order valence-corrected chi connectivity index (χ0v) is 12.5. The molecule has 1 aliphatic carbocycles. The standard InChI is InChI=1S/C16H20N2O3/c1-12(19)18(2)15-4-3-14(11-17-15)13-5-7-16(8-6-13)20-9-10-21-16/h3-5,11H,6-10H2,1-2H3. The Kier molecular flexibility index (Phi) is 3.78. The third-order valence-corrected chi connectivity index (χ3v) is 4.18. The van der Waals surface area contributed by atoms with E-state index in [1.807, 2.05) is 18.3 Å². The highest BCUT2D eigenvalue weighted by atomic mass is 16.7. The van der Waals surface area contributed by atoms with Gasteiger partial charge in [0.05, 0.1) is 13.2 Å². The molecular weight excluding hydrogens is 268 g/mol. The van der Waals surface area contributed by atoms with Gasteiger partial charge in [-0.15, -0.1) is 0 Å². The molecule has 3 rings (SSSR count).